The van der Waals surface area contributed by atoms with E-state index >= 15 is 0 Å². The van der Waals surface area contributed by atoms with E-state index in [0.29, 0.717) is 41.6 Å². The maximum Gasteiger partial charge on any atom is 0.417 e. The number of H-pyrrole nitrogens is 1. The first-order valence-corrected chi connectivity index (χ1v) is 9.21. The lowest BCUT2D eigenvalue weighted by atomic mass is 9.78. The fourth-order valence-electron chi connectivity index (χ4n) is 3.60. The van der Waals surface area contributed by atoms with Crippen molar-refractivity contribution in [3.63, 3.8) is 0 Å². The van der Waals surface area contributed by atoms with Gasteiger partial charge < -0.3 is 20.7 Å². The summed E-state index contributed by atoms with van der Waals surface area (Å²) in [4.78, 5) is 11.2. The highest BCUT2D eigenvalue weighted by Gasteiger charge is 2.33. The van der Waals surface area contributed by atoms with E-state index in [2.05, 4.69) is 31.7 Å². The zero-order valence-corrected chi connectivity index (χ0v) is 15.5. The predicted molar refractivity (Wildman–Crippen MR) is 100 cm³/mol. The van der Waals surface area contributed by atoms with Gasteiger partial charge in [0.2, 0.25) is 0 Å². The molecule has 2 aromatic heterocycles. The molecule has 1 aliphatic heterocycles. The fourth-order valence-corrected chi connectivity index (χ4v) is 3.60. The minimum absolute atomic E-state index is 0.0519. The molecule has 0 saturated heterocycles. The van der Waals surface area contributed by atoms with Crippen LogP contribution >= 0.6 is 0 Å². The van der Waals surface area contributed by atoms with E-state index < -0.39 is 11.7 Å². The number of pyridine rings is 1. The molecule has 1 unspecified atom stereocenters. The SMILES string of the molecule is CC(NC1=NC(c2c[nH]c3ncc(C(F)(F)F)cc23)=C(C#N)CN1)[C@H]1C[C@H](O)C1. The number of halogens is 3. The van der Waals surface area contributed by atoms with Crippen LogP contribution in [0.1, 0.15) is 30.9 Å². The Labute approximate surface area is 164 Å². The third-order valence-electron chi connectivity index (χ3n) is 5.41. The van der Waals surface area contributed by atoms with Crippen molar-refractivity contribution in [1.29, 1.82) is 5.26 Å². The maximum absolute atomic E-state index is 13.1. The summed E-state index contributed by atoms with van der Waals surface area (Å²) < 4.78 is 39.3. The quantitative estimate of drug-likeness (QED) is 0.629. The van der Waals surface area contributed by atoms with Gasteiger partial charge in [-0.3, -0.25) is 0 Å². The second-order valence-electron chi connectivity index (χ2n) is 7.39. The lowest BCUT2D eigenvalue weighted by molar-refractivity contribution is -0.137. The molecule has 2 aromatic rings. The van der Waals surface area contributed by atoms with Crippen LogP contribution in [-0.4, -0.2) is 39.7 Å². The van der Waals surface area contributed by atoms with E-state index in [-0.39, 0.29) is 29.7 Å². The van der Waals surface area contributed by atoms with E-state index in [1.165, 1.54) is 6.20 Å². The Morgan fingerprint density at radius 1 is 1.38 bits per heavy atom. The summed E-state index contributed by atoms with van der Waals surface area (Å²) in [6.45, 7) is 2.19. The van der Waals surface area contributed by atoms with Gasteiger partial charge >= 0.3 is 6.18 Å². The molecule has 0 radical (unpaired) electrons. The molecule has 152 valence electrons. The van der Waals surface area contributed by atoms with Crippen LogP contribution in [0.25, 0.3) is 16.7 Å². The highest BCUT2D eigenvalue weighted by molar-refractivity contribution is 5.97. The zero-order valence-electron chi connectivity index (χ0n) is 15.5. The first-order valence-electron chi connectivity index (χ1n) is 9.21. The number of aromatic nitrogens is 2. The minimum atomic E-state index is -4.52. The van der Waals surface area contributed by atoms with Gasteiger partial charge in [0.05, 0.1) is 35.6 Å². The van der Waals surface area contributed by atoms with Crippen LogP contribution in [0.2, 0.25) is 0 Å². The van der Waals surface area contributed by atoms with E-state index in [1.807, 2.05) is 6.92 Å². The molecule has 0 bridgehead atoms. The third-order valence-corrected chi connectivity index (χ3v) is 5.41. The van der Waals surface area contributed by atoms with Crippen LogP contribution in [-0.2, 0) is 6.18 Å². The topological polar surface area (TPSA) is 109 Å². The summed E-state index contributed by atoms with van der Waals surface area (Å²) in [5.41, 5.74) is 0.446. The van der Waals surface area contributed by atoms with Gasteiger partial charge in [-0.1, -0.05) is 0 Å². The Morgan fingerprint density at radius 3 is 2.79 bits per heavy atom. The Hall–Kier alpha value is -3.06. The first kappa shape index (κ1) is 19.3. The Balaban J connectivity index is 1.69. The molecule has 4 N–H and O–H groups in total. The maximum atomic E-state index is 13.1. The van der Waals surface area contributed by atoms with Gasteiger partial charge in [-0.05, 0) is 31.7 Å². The summed E-state index contributed by atoms with van der Waals surface area (Å²) in [5.74, 6) is 0.758. The number of aliphatic imine (C=N–C) groups is 1. The summed E-state index contributed by atoms with van der Waals surface area (Å²) >= 11 is 0. The standard InChI is InChI=1S/C19H19F3N6O/c1-9(10-2-13(29)3-10)27-18-26-6-11(5-23)16(28-18)15-8-25-17-14(15)4-12(7-24-17)19(20,21)22/h4,7-10,13,29H,2-3,6H2,1H3,(H,24,25)(H2,26,27,28)/t9?,10-,13-. The molecule has 10 heteroatoms. The molecule has 29 heavy (non-hydrogen) atoms. The number of hydrogen-bond acceptors (Lipinski definition) is 6. The summed E-state index contributed by atoms with van der Waals surface area (Å²) in [7, 11) is 0. The summed E-state index contributed by atoms with van der Waals surface area (Å²) in [5, 5.41) is 25.5. The molecule has 1 aliphatic carbocycles. The van der Waals surface area contributed by atoms with Gasteiger partial charge in [0, 0.05) is 29.4 Å². The predicted octanol–water partition coefficient (Wildman–Crippen LogP) is 2.52. The number of nitriles is 1. The number of rotatable bonds is 3. The number of nitrogens with zero attached hydrogens (tertiary/aromatic N) is 3. The number of aromatic amines is 1. The van der Waals surface area contributed by atoms with Crippen molar-refractivity contribution in [2.45, 2.75) is 38.1 Å². The normalized spacial score (nSPS) is 23.1. The number of aliphatic hydroxyl groups excluding tert-OH is 1. The van der Waals surface area contributed by atoms with E-state index in [1.54, 1.807) is 0 Å². The van der Waals surface area contributed by atoms with Gasteiger partial charge in [-0.2, -0.15) is 18.4 Å². The Kier molecular flexibility index (Phi) is 4.70. The van der Waals surface area contributed by atoms with E-state index in [0.717, 1.165) is 12.3 Å². The molecule has 1 saturated carbocycles. The van der Waals surface area contributed by atoms with E-state index in [4.69, 9.17) is 0 Å². The van der Waals surface area contributed by atoms with Crippen molar-refractivity contribution >= 4 is 22.7 Å². The minimum Gasteiger partial charge on any atom is -0.393 e. The van der Waals surface area contributed by atoms with Crippen molar-refractivity contribution in [2.75, 3.05) is 6.54 Å². The molecule has 2 aliphatic rings. The monoisotopic (exact) mass is 404 g/mol. The number of hydrogen-bond donors (Lipinski definition) is 4. The van der Waals surface area contributed by atoms with Gasteiger partial charge in [0.25, 0.3) is 0 Å². The fraction of sp³-hybridized carbons (Fsp3) is 0.421. The first-order chi connectivity index (χ1) is 13.8. The van der Waals surface area contributed by atoms with E-state index in [9.17, 15) is 23.5 Å². The zero-order chi connectivity index (χ0) is 20.8. The second kappa shape index (κ2) is 7.08. The molecule has 0 spiro atoms. The Morgan fingerprint density at radius 2 is 2.14 bits per heavy atom. The highest BCUT2D eigenvalue weighted by Crippen LogP contribution is 2.34. The van der Waals surface area contributed by atoms with Gasteiger partial charge in [0.1, 0.15) is 5.65 Å². The number of fused-ring (bicyclic) bond motifs is 1. The van der Waals surface area contributed by atoms with Crippen LogP contribution in [0.15, 0.2) is 29.0 Å². The van der Waals surface area contributed by atoms with Gasteiger partial charge in [-0.25, -0.2) is 9.98 Å². The van der Waals surface area contributed by atoms with Gasteiger partial charge in [0.15, 0.2) is 5.96 Å². The molecule has 0 amide bonds. The highest BCUT2D eigenvalue weighted by atomic mass is 19.4. The van der Waals surface area contributed by atoms with Crippen LogP contribution in [0.4, 0.5) is 13.2 Å². The average molecular weight is 404 g/mol. The van der Waals surface area contributed by atoms with Crippen LogP contribution in [0.3, 0.4) is 0 Å². The lowest BCUT2D eigenvalue weighted by Crippen LogP contribution is -2.50. The molecule has 0 aromatic carbocycles. The van der Waals surface area contributed by atoms with Crippen molar-refractivity contribution < 1.29 is 18.3 Å². The molecular weight excluding hydrogens is 385 g/mol. The van der Waals surface area contributed by atoms with Crippen molar-refractivity contribution in [3.8, 4) is 6.07 Å². The second-order valence-corrected chi connectivity index (χ2v) is 7.39. The third kappa shape index (κ3) is 3.65. The van der Waals surface area contributed by atoms with Crippen molar-refractivity contribution in [3.05, 3.63) is 35.2 Å². The average Bonchev–Trinajstić information content (AvgIpc) is 3.07. The molecule has 4 rings (SSSR count). The molecular formula is C19H19F3N6O. The largest absolute Gasteiger partial charge is 0.417 e. The smallest absolute Gasteiger partial charge is 0.393 e. The van der Waals surface area contributed by atoms with Crippen LogP contribution in [0.5, 0.6) is 0 Å². The van der Waals surface area contributed by atoms with Crippen molar-refractivity contribution in [2.24, 2.45) is 10.9 Å². The summed E-state index contributed by atoms with van der Waals surface area (Å²) in [6.07, 6.45) is -1.08. The number of nitrogens with one attached hydrogen (secondary N) is 3. The van der Waals surface area contributed by atoms with Gasteiger partial charge in [-0.15, -0.1) is 0 Å². The van der Waals surface area contributed by atoms with Crippen LogP contribution < -0.4 is 10.6 Å². The molecule has 1 atom stereocenters. The Bertz CT molecular complexity index is 1040. The molecule has 7 nitrogen and oxygen atoms in total. The summed E-state index contributed by atoms with van der Waals surface area (Å²) in [6, 6.07) is 3.13. The van der Waals surface area contributed by atoms with Crippen LogP contribution in [0, 0.1) is 17.2 Å². The lowest BCUT2D eigenvalue weighted by Gasteiger charge is -2.37. The molecule has 1 fully saturated rings. The number of guanidine groups is 1. The van der Waals surface area contributed by atoms with Crippen molar-refractivity contribution in [1.82, 2.24) is 20.6 Å². The molecule has 3 heterocycles. The number of alkyl halides is 3. The number of aliphatic hydroxyl groups is 1.